The summed E-state index contributed by atoms with van der Waals surface area (Å²) in [6.45, 7) is 5.34. The molecule has 2 aliphatic heterocycles. The van der Waals surface area contributed by atoms with Gasteiger partial charge in [-0.25, -0.2) is 9.59 Å². The fourth-order valence-electron chi connectivity index (χ4n) is 3.59. The molecule has 3 unspecified atom stereocenters. The number of hydrogen-bond donors (Lipinski definition) is 0. The van der Waals surface area contributed by atoms with Crippen molar-refractivity contribution in [3.63, 3.8) is 0 Å². The van der Waals surface area contributed by atoms with Crippen molar-refractivity contribution in [3.05, 3.63) is 21.8 Å². The Kier molecular flexibility index (Phi) is 4.82. The third-order valence-electron chi connectivity index (χ3n) is 4.41. The van der Waals surface area contributed by atoms with Crippen molar-refractivity contribution in [1.29, 1.82) is 0 Å². The number of carbonyl (C=O) groups is 2. The van der Waals surface area contributed by atoms with E-state index in [1.807, 2.05) is 0 Å². The number of halogens is 1. The molecule has 0 aromatic rings. The predicted octanol–water partition coefficient (Wildman–Crippen LogP) is 2.86. The maximum absolute atomic E-state index is 13.4. The molecule has 0 aromatic carbocycles. The van der Waals surface area contributed by atoms with Crippen LogP contribution >= 0.6 is 19.0 Å². The molecule has 3 rings (SSSR count). The maximum atomic E-state index is 13.4. The first-order valence-electron chi connectivity index (χ1n) is 7.19. The molecule has 3 atom stereocenters. The predicted molar refractivity (Wildman–Crippen MR) is 85.6 cm³/mol. The summed E-state index contributed by atoms with van der Waals surface area (Å²) in [4.78, 5) is 24.7. The molecule has 0 spiro atoms. The summed E-state index contributed by atoms with van der Waals surface area (Å²) in [6, 6.07) is 0. The Bertz CT molecular complexity index is 679. The zero-order valence-corrected chi connectivity index (χ0v) is 15.4. The van der Waals surface area contributed by atoms with E-state index in [2.05, 4.69) is 0 Å². The number of fused-ring (bicyclic) bond motifs is 1. The first-order chi connectivity index (χ1) is 10.7. The minimum absolute atomic E-state index is 0.0341. The summed E-state index contributed by atoms with van der Waals surface area (Å²) in [5, 5.41) is 0.404. The molecule has 3 aliphatic rings. The highest BCUT2D eigenvalue weighted by Gasteiger charge is 2.61. The van der Waals surface area contributed by atoms with E-state index in [1.165, 1.54) is 14.2 Å². The van der Waals surface area contributed by atoms with Gasteiger partial charge >= 0.3 is 11.9 Å². The lowest BCUT2D eigenvalue weighted by atomic mass is 9.73. The van der Waals surface area contributed by atoms with E-state index in [4.69, 9.17) is 25.6 Å². The molecule has 0 aromatic heterocycles. The summed E-state index contributed by atoms with van der Waals surface area (Å²) in [5.74, 6) is -1.39. The van der Waals surface area contributed by atoms with E-state index in [9.17, 15) is 14.2 Å². The van der Waals surface area contributed by atoms with E-state index in [0.717, 1.165) is 0 Å². The van der Waals surface area contributed by atoms with Gasteiger partial charge in [0, 0.05) is 16.6 Å². The Morgan fingerprint density at radius 3 is 2.35 bits per heavy atom. The second-order valence-corrected chi connectivity index (χ2v) is 8.73. The third kappa shape index (κ3) is 2.48. The molecular weight excluding hydrogens is 343 g/mol. The van der Waals surface area contributed by atoms with Crippen molar-refractivity contribution in [2.75, 3.05) is 27.0 Å². The molecule has 23 heavy (non-hydrogen) atoms. The van der Waals surface area contributed by atoms with Crippen LogP contribution in [0.25, 0.3) is 0 Å². The van der Waals surface area contributed by atoms with Gasteiger partial charge in [0.2, 0.25) is 7.37 Å². The average molecular weight is 363 g/mol. The van der Waals surface area contributed by atoms with Crippen LogP contribution in [0.2, 0.25) is 0 Å². The van der Waals surface area contributed by atoms with Gasteiger partial charge in [0.15, 0.2) is 0 Å². The molecule has 0 N–H and O–H groups in total. The van der Waals surface area contributed by atoms with Gasteiger partial charge in [0.25, 0.3) is 0 Å². The van der Waals surface area contributed by atoms with Crippen LogP contribution in [0.5, 0.6) is 0 Å². The molecule has 0 saturated heterocycles. The molecule has 0 radical (unpaired) electrons. The van der Waals surface area contributed by atoms with Gasteiger partial charge < -0.3 is 14.0 Å². The summed E-state index contributed by atoms with van der Waals surface area (Å²) in [6.07, 6.45) is 0.0552. The van der Waals surface area contributed by atoms with E-state index < -0.39 is 30.4 Å². The van der Waals surface area contributed by atoms with Crippen molar-refractivity contribution in [3.8, 4) is 0 Å². The van der Waals surface area contributed by atoms with Crippen LogP contribution < -0.4 is 0 Å². The van der Waals surface area contributed by atoms with E-state index in [0.29, 0.717) is 10.6 Å². The van der Waals surface area contributed by atoms with Crippen LogP contribution in [0.4, 0.5) is 0 Å². The zero-order chi connectivity index (χ0) is 17.6. The zero-order valence-electron chi connectivity index (χ0n) is 13.8. The lowest BCUT2D eigenvalue weighted by Gasteiger charge is -2.48. The molecule has 2 heterocycles. The van der Waals surface area contributed by atoms with Crippen LogP contribution in [0, 0.1) is 5.41 Å². The number of rotatable bonds is 4. The van der Waals surface area contributed by atoms with Crippen molar-refractivity contribution in [1.82, 2.24) is 0 Å². The number of methoxy groups -OCH3 is 2. The van der Waals surface area contributed by atoms with E-state index in [1.54, 1.807) is 20.8 Å². The fourth-order valence-corrected chi connectivity index (χ4v) is 7.43. The molecular formula is C15H20ClO6P. The van der Waals surface area contributed by atoms with Crippen LogP contribution in [-0.4, -0.2) is 44.6 Å². The Labute approximate surface area is 140 Å². The lowest BCUT2D eigenvalue weighted by Crippen LogP contribution is -2.46. The molecule has 2 bridgehead atoms. The monoisotopic (exact) mass is 362 g/mol. The Morgan fingerprint density at radius 2 is 1.87 bits per heavy atom. The largest absolute Gasteiger partial charge is 0.466 e. The summed E-state index contributed by atoms with van der Waals surface area (Å²) in [7, 11) is -0.818. The first-order valence-corrected chi connectivity index (χ1v) is 9.45. The van der Waals surface area contributed by atoms with Crippen molar-refractivity contribution in [2.45, 2.75) is 26.4 Å². The normalized spacial score (nSPS) is 33.0. The molecule has 0 amide bonds. The van der Waals surface area contributed by atoms with Crippen LogP contribution in [0.3, 0.4) is 0 Å². The highest BCUT2D eigenvalue weighted by atomic mass is 35.5. The van der Waals surface area contributed by atoms with Crippen molar-refractivity contribution < 1.29 is 28.2 Å². The quantitative estimate of drug-likeness (QED) is 0.565. The van der Waals surface area contributed by atoms with Crippen molar-refractivity contribution >= 4 is 30.9 Å². The number of esters is 2. The first kappa shape index (κ1) is 18.2. The second-order valence-electron chi connectivity index (χ2n) is 5.81. The number of carbonyl (C=O) groups excluding carboxylic acids is 2. The van der Waals surface area contributed by atoms with Gasteiger partial charge in [0.1, 0.15) is 0 Å². The topological polar surface area (TPSA) is 78.9 Å². The van der Waals surface area contributed by atoms with E-state index in [-0.39, 0.29) is 23.9 Å². The van der Waals surface area contributed by atoms with Crippen LogP contribution in [0.1, 0.15) is 20.8 Å². The second kappa shape index (κ2) is 6.08. The Balaban J connectivity index is 2.82. The van der Waals surface area contributed by atoms with Gasteiger partial charge in [-0.3, -0.25) is 4.57 Å². The minimum atomic E-state index is -3.25. The fraction of sp³-hybridized carbons (Fsp3) is 0.600. The average Bonchev–Trinajstić information content (AvgIpc) is 2.50. The molecule has 1 aliphatic carbocycles. The Morgan fingerprint density at radius 1 is 1.30 bits per heavy atom. The number of ether oxygens (including phenoxy) is 2. The molecule has 128 valence electrons. The van der Waals surface area contributed by atoms with Gasteiger partial charge in [-0.2, -0.15) is 0 Å². The van der Waals surface area contributed by atoms with Gasteiger partial charge in [-0.1, -0.05) is 11.6 Å². The number of hydrogen-bond acceptors (Lipinski definition) is 6. The Hall–Kier alpha value is -1.10. The smallest absolute Gasteiger partial charge is 0.335 e. The van der Waals surface area contributed by atoms with Crippen LogP contribution in [-0.2, 0) is 28.2 Å². The minimum Gasteiger partial charge on any atom is -0.466 e. The van der Waals surface area contributed by atoms with E-state index >= 15 is 0 Å². The summed E-state index contributed by atoms with van der Waals surface area (Å²) in [5.41, 5.74) is -1.25. The molecule has 6 nitrogen and oxygen atoms in total. The van der Waals surface area contributed by atoms with Crippen LogP contribution in [0.15, 0.2) is 21.8 Å². The standard InChI is InChI=1S/C15H20ClO6P/c1-6-22-23(19)7-15(3)10(14(18)21-5)9(13(17)20-4)11(23)8(2)12(15)16/h11H,6-7H2,1-5H3. The van der Waals surface area contributed by atoms with Gasteiger partial charge in [0.05, 0.1) is 37.6 Å². The molecule has 8 heteroatoms. The molecule has 0 fully saturated rings. The highest BCUT2D eigenvalue weighted by molar-refractivity contribution is 7.60. The molecule has 0 saturated carbocycles. The number of allylic oxidation sites excluding steroid dienone is 2. The van der Waals surface area contributed by atoms with Crippen molar-refractivity contribution in [2.24, 2.45) is 5.41 Å². The third-order valence-corrected chi connectivity index (χ3v) is 8.32. The highest BCUT2D eigenvalue weighted by Crippen LogP contribution is 2.71. The summed E-state index contributed by atoms with van der Waals surface area (Å²) < 4.78 is 28.6. The summed E-state index contributed by atoms with van der Waals surface area (Å²) >= 11 is 6.45. The van der Waals surface area contributed by atoms with Gasteiger partial charge in [-0.05, 0) is 26.3 Å². The van der Waals surface area contributed by atoms with Gasteiger partial charge in [-0.15, -0.1) is 0 Å². The maximum Gasteiger partial charge on any atom is 0.335 e. The lowest BCUT2D eigenvalue weighted by molar-refractivity contribution is -0.140. The SMILES string of the molecule is CCOP1(=O)CC2(C)C(Cl)=C(C)C1C(C(=O)OC)=C2C(=O)OC.